The lowest BCUT2D eigenvalue weighted by Gasteiger charge is -2.31. The average molecular weight is 318 g/mol. The Hall–Kier alpha value is -1.59. The van der Waals surface area contributed by atoms with Gasteiger partial charge in [0.25, 0.3) is 0 Å². The number of nitrogens with one attached hydrogen (secondary N) is 1. The lowest BCUT2D eigenvalue weighted by Crippen LogP contribution is -2.40. The fourth-order valence-corrected chi connectivity index (χ4v) is 2.70. The quantitative estimate of drug-likeness (QED) is 0.623. The number of nitrogens with zero attached hydrogens (tertiary/aromatic N) is 2. The minimum Gasteiger partial charge on any atom is -0.376 e. The molecule has 1 fully saturated rings. The van der Waals surface area contributed by atoms with Crippen LogP contribution in [0, 0.1) is 0 Å². The number of guanidine groups is 1. The van der Waals surface area contributed by atoms with E-state index in [2.05, 4.69) is 60.2 Å². The van der Waals surface area contributed by atoms with E-state index >= 15 is 0 Å². The highest BCUT2D eigenvalue weighted by molar-refractivity contribution is 5.78. The number of hydrogen-bond donors (Lipinski definition) is 2. The molecule has 128 valence electrons. The van der Waals surface area contributed by atoms with E-state index in [-0.39, 0.29) is 0 Å². The molecule has 1 aromatic carbocycles. The van der Waals surface area contributed by atoms with Crippen molar-refractivity contribution in [3.8, 4) is 0 Å². The Balaban J connectivity index is 1.90. The zero-order valence-electron chi connectivity index (χ0n) is 14.6. The van der Waals surface area contributed by atoms with Crippen LogP contribution in [0.2, 0.25) is 0 Å². The van der Waals surface area contributed by atoms with Crippen LogP contribution < -0.4 is 11.1 Å². The molecule has 2 atom stereocenters. The third-order valence-corrected chi connectivity index (χ3v) is 4.16. The highest BCUT2D eigenvalue weighted by Gasteiger charge is 2.16. The molecule has 0 amide bonds. The molecule has 5 nitrogen and oxygen atoms in total. The third-order valence-electron chi connectivity index (χ3n) is 4.16. The first-order chi connectivity index (χ1) is 11.1. The fourth-order valence-electron chi connectivity index (χ4n) is 2.70. The largest absolute Gasteiger partial charge is 0.376 e. The van der Waals surface area contributed by atoms with Gasteiger partial charge < -0.3 is 15.8 Å². The number of morpholine rings is 1. The van der Waals surface area contributed by atoms with Crippen LogP contribution in [0.25, 0.3) is 0 Å². The minimum absolute atomic E-state index is 0.322. The number of benzene rings is 1. The summed E-state index contributed by atoms with van der Waals surface area (Å²) in [6.07, 6.45) is 1.35. The summed E-state index contributed by atoms with van der Waals surface area (Å²) in [4.78, 5) is 6.87. The molecule has 0 aliphatic carbocycles. The van der Waals surface area contributed by atoms with E-state index in [1.165, 1.54) is 11.1 Å². The lowest BCUT2D eigenvalue weighted by atomic mass is 10.1. The molecule has 0 saturated carbocycles. The van der Waals surface area contributed by atoms with E-state index in [1.807, 2.05) is 0 Å². The van der Waals surface area contributed by atoms with Gasteiger partial charge in [-0.25, -0.2) is 4.99 Å². The third kappa shape index (κ3) is 6.20. The molecular weight excluding hydrogens is 288 g/mol. The van der Waals surface area contributed by atoms with Gasteiger partial charge in [0.05, 0.1) is 19.3 Å². The van der Waals surface area contributed by atoms with Gasteiger partial charge in [-0.1, -0.05) is 31.2 Å². The SMILES string of the molecule is CCC(C)NC(N)=NCc1cccc(CN2CCOC(C)C2)c1. The lowest BCUT2D eigenvalue weighted by molar-refractivity contribution is -0.0212. The van der Waals surface area contributed by atoms with Crippen molar-refractivity contribution in [2.75, 3.05) is 19.7 Å². The van der Waals surface area contributed by atoms with Gasteiger partial charge in [-0.15, -0.1) is 0 Å². The van der Waals surface area contributed by atoms with Crippen LogP contribution in [0.3, 0.4) is 0 Å². The standard InChI is InChI=1S/C18H30N4O/c1-4-14(2)21-18(19)20-11-16-6-5-7-17(10-16)13-22-8-9-23-15(3)12-22/h5-7,10,14-15H,4,8-9,11-13H2,1-3H3,(H3,19,20,21). The van der Waals surface area contributed by atoms with Crippen LogP contribution in [0.5, 0.6) is 0 Å². The van der Waals surface area contributed by atoms with Crippen LogP contribution >= 0.6 is 0 Å². The maximum absolute atomic E-state index is 5.92. The molecule has 0 spiro atoms. The van der Waals surface area contributed by atoms with Gasteiger partial charge in [-0.3, -0.25) is 4.90 Å². The Morgan fingerprint density at radius 3 is 3.00 bits per heavy atom. The van der Waals surface area contributed by atoms with Crippen LogP contribution in [0.1, 0.15) is 38.3 Å². The summed E-state index contributed by atoms with van der Waals surface area (Å²) in [7, 11) is 0. The summed E-state index contributed by atoms with van der Waals surface area (Å²) in [5, 5.41) is 3.19. The summed E-state index contributed by atoms with van der Waals surface area (Å²) < 4.78 is 5.59. The van der Waals surface area contributed by atoms with Gasteiger partial charge in [-0.05, 0) is 31.4 Å². The second-order valence-corrected chi connectivity index (χ2v) is 6.39. The summed E-state index contributed by atoms with van der Waals surface area (Å²) in [6, 6.07) is 8.95. The summed E-state index contributed by atoms with van der Waals surface area (Å²) in [5.41, 5.74) is 8.43. The first kappa shape index (κ1) is 17.8. The maximum Gasteiger partial charge on any atom is 0.189 e. The summed E-state index contributed by atoms with van der Waals surface area (Å²) in [5.74, 6) is 0.520. The predicted octanol–water partition coefficient (Wildman–Crippen LogP) is 2.11. The topological polar surface area (TPSA) is 62.9 Å². The van der Waals surface area contributed by atoms with Crippen molar-refractivity contribution in [2.45, 2.75) is 52.4 Å². The van der Waals surface area contributed by atoms with E-state index < -0.39 is 0 Å². The molecule has 1 saturated heterocycles. The first-order valence-electron chi connectivity index (χ1n) is 8.55. The van der Waals surface area contributed by atoms with Gasteiger partial charge >= 0.3 is 0 Å². The van der Waals surface area contributed by atoms with Crippen molar-refractivity contribution >= 4 is 5.96 Å². The second kappa shape index (κ2) is 8.89. The molecule has 1 aromatic rings. The van der Waals surface area contributed by atoms with Crippen molar-refractivity contribution < 1.29 is 4.74 Å². The molecule has 2 rings (SSSR count). The Bertz CT molecular complexity index is 517. The van der Waals surface area contributed by atoms with Gasteiger partial charge in [0.2, 0.25) is 0 Å². The average Bonchev–Trinajstić information content (AvgIpc) is 2.53. The van der Waals surface area contributed by atoms with Crippen LogP contribution in [-0.2, 0) is 17.8 Å². The monoisotopic (exact) mass is 318 g/mol. The van der Waals surface area contributed by atoms with Crippen molar-refractivity contribution in [1.29, 1.82) is 0 Å². The number of aliphatic imine (C=N–C) groups is 1. The fraction of sp³-hybridized carbons (Fsp3) is 0.611. The highest BCUT2D eigenvalue weighted by Crippen LogP contribution is 2.12. The van der Waals surface area contributed by atoms with E-state index in [0.29, 0.717) is 24.7 Å². The number of hydrogen-bond acceptors (Lipinski definition) is 3. The maximum atomic E-state index is 5.92. The van der Waals surface area contributed by atoms with Crippen LogP contribution in [-0.4, -0.2) is 42.7 Å². The summed E-state index contributed by atoms with van der Waals surface area (Å²) in [6.45, 7) is 10.8. The predicted molar refractivity (Wildman–Crippen MR) is 95.3 cm³/mol. The Kier molecular flexibility index (Phi) is 6.86. The van der Waals surface area contributed by atoms with Gasteiger partial charge in [0.1, 0.15) is 0 Å². The van der Waals surface area contributed by atoms with Gasteiger partial charge in [0, 0.05) is 25.7 Å². The van der Waals surface area contributed by atoms with Crippen molar-refractivity contribution in [3.63, 3.8) is 0 Å². The second-order valence-electron chi connectivity index (χ2n) is 6.39. The van der Waals surface area contributed by atoms with Gasteiger partial charge in [0.15, 0.2) is 5.96 Å². The molecule has 1 aliphatic heterocycles. The Morgan fingerprint density at radius 2 is 2.26 bits per heavy atom. The van der Waals surface area contributed by atoms with E-state index in [0.717, 1.165) is 32.7 Å². The molecule has 3 N–H and O–H groups in total. The molecule has 2 unspecified atom stereocenters. The molecule has 5 heteroatoms. The number of rotatable bonds is 6. The van der Waals surface area contributed by atoms with E-state index in [1.54, 1.807) is 0 Å². The van der Waals surface area contributed by atoms with Crippen LogP contribution in [0.15, 0.2) is 29.3 Å². The molecule has 0 radical (unpaired) electrons. The molecule has 23 heavy (non-hydrogen) atoms. The zero-order valence-corrected chi connectivity index (χ0v) is 14.6. The Morgan fingerprint density at radius 1 is 1.48 bits per heavy atom. The molecule has 1 heterocycles. The first-order valence-corrected chi connectivity index (χ1v) is 8.55. The minimum atomic E-state index is 0.322. The molecule has 0 aromatic heterocycles. The molecule has 1 aliphatic rings. The van der Waals surface area contributed by atoms with Crippen LogP contribution in [0.4, 0.5) is 0 Å². The molecule has 0 bridgehead atoms. The smallest absolute Gasteiger partial charge is 0.189 e. The summed E-state index contributed by atoms with van der Waals surface area (Å²) >= 11 is 0. The highest BCUT2D eigenvalue weighted by atomic mass is 16.5. The zero-order chi connectivity index (χ0) is 16.7. The van der Waals surface area contributed by atoms with E-state index in [9.17, 15) is 0 Å². The van der Waals surface area contributed by atoms with Crippen molar-refractivity contribution in [2.24, 2.45) is 10.7 Å². The normalized spacial score (nSPS) is 21.2. The van der Waals surface area contributed by atoms with E-state index in [4.69, 9.17) is 10.5 Å². The van der Waals surface area contributed by atoms with Crippen molar-refractivity contribution in [1.82, 2.24) is 10.2 Å². The van der Waals surface area contributed by atoms with Crippen molar-refractivity contribution in [3.05, 3.63) is 35.4 Å². The van der Waals surface area contributed by atoms with Gasteiger partial charge in [-0.2, -0.15) is 0 Å². The molecular formula is C18H30N4O. The Labute approximate surface area is 139 Å². The number of ether oxygens (including phenoxy) is 1. The number of nitrogens with two attached hydrogens (primary N) is 1.